The smallest absolute Gasteiger partial charge is 0.0709 e. The molecule has 2 aromatic carbocycles. The lowest BCUT2D eigenvalue weighted by atomic mass is 10.0. The maximum Gasteiger partial charge on any atom is 0.0709 e. The minimum Gasteiger partial charge on any atom is -0.370 e. The number of aliphatic imine (C=N–C) groups is 1. The molecule has 1 fully saturated rings. The van der Waals surface area contributed by atoms with Crippen LogP contribution in [0.3, 0.4) is 0 Å². The third-order valence-corrected chi connectivity index (χ3v) is 4.28. The summed E-state index contributed by atoms with van der Waals surface area (Å²) in [6, 6.07) is 19.2. The quantitative estimate of drug-likeness (QED) is 0.792. The molecule has 0 unspecified atom stereocenters. The number of likely N-dealkylation sites (tertiary alicyclic amines) is 1. The number of hydrogen-bond donors (Lipinski definition) is 0. The molecule has 0 N–H and O–H groups in total. The van der Waals surface area contributed by atoms with Crippen molar-refractivity contribution in [2.45, 2.75) is 19.4 Å². The van der Waals surface area contributed by atoms with Crippen LogP contribution in [-0.4, -0.2) is 17.7 Å². The monoisotopic (exact) mass is 274 g/mol. The summed E-state index contributed by atoms with van der Waals surface area (Å²) >= 11 is 0. The molecule has 2 aliphatic heterocycles. The zero-order valence-corrected chi connectivity index (χ0v) is 12.0. The zero-order chi connectivity index (χ0) is 14.1. The second-order valence-electron chi connectivity index (χ2n) is 5.65. The van der Waals surface area contributed by atoms with Crippen molar-refractivity contribution in [1.82, 2.24) is 4.90 Å². The Morgan fingerprint density at radius 1 is 0.952 bits per heavy atom. The Kier molecular flexibility index (Phi) is 3.07. The Labute approximate surface area is 125 Å². The summed E-state index contributed by atoms with van der Waals surface area (Å²) in [6.07, 6.45) is 4.44. The molecule has 2 heterocycles. The van der Waals surface area contributed by atoms with Crippen LogP contribution in [-0.2, 0) is 6.54 Å². The third-order valence-electron chi connectivity index (χ3n) is 4.28. The Morgan fingerprint density at radius 3 is 2.67 bits per heavy atom. The average Bonchev–Trinajstić information content (AvgIpc) is 3.14. The minimum absolute atomic E-state index is 0.996. The molecule has 2 aliphatic rings. The topological polar surface area (TPSA) is 15.6 Å². The van der Waals surface area contributed by atoms with E-state index in [2.05, 4.69) is 64.5 Å². The van der Waals surface area contributed by atoms with Crippen molar-refractivity contribution in [3.05, 3.63) is 71.4 Å². The molecule has 2 aromatic rings. The average molecular weight is 274 g/mol. The van der Waals surface area contributed by atoms with Gasteiger partial charge in [0.25, 0.3) is 0 Å². The molecule has 0 radical (unpaired) electrons. The van der Waals surface area contributed by atoms with Gasteiger partial charge in [0.15, 0.2) is 0 Å². The molecule has 2 heteroatoms. The van der Waals surface area contributed by atoms with Crippen molar-refractivity contribution in [3.63, 3.8) is 0 Å². The van der Waals surface area contributed by atoms with Crippen molar-refractivity contribution in [3.8, 4) is 0 Å². The third kappa shape index (κ3) is 2.27. The lowest BCUT2D eigenvalue weighted by Crippen LogP contribution is -2.18. The van der Waals surface area contributed by atoms with E-state index in [9.17, 15) is 0 Å². The number of hydrogen-bond acceptors (Lipinski definition) is 2. The highest BCUT2D eigenvalue weighted by atomic mass is 15.2. The van der Waals surface area contributed by atoms with Crippen LogP contribution in [0.15, 0.2) is 65.3 Å². The fourth-order valence-corrected chi connectivity index (χ4v) is 3.26. The Balaban J connectivity index is 1.69. The SMILES string of the molecule is C1=Nc2ccccc2/C1=C1\CCCN1Cc1ccccc1. The Hall–Kier alpha value is -2.35. The maximum atomic E-state index is 4.56. The molecule has 0 amide bonds. The van der Waals surface area contributed by atoms with Crippen LogP contribution < -0.4 is 0 Å². The van der Waals surface area contributed by atoms with Gasteiger partial charge in [-0.25, -0.2) is 0 Å². The lowest BCUT2D eigenvalue weighted by molar-refractivity contribution is 0.388. The van der Waals surface area contributed by atoms with Gasteiger partial charge in [-0.1, -0.05) is 48.5 Å². The molecule has 0 atom stereocenters. The first kappa shape index (κ1) is 12.4. The van der Waals surface area contributed by atoms with Gasteiger partial charge in [0.05, 0.1) is 5.69 Å². The second kappa shape index (κ2) is 5.21. The Bertz CT molecular complexity index is 713. The number of allylic oxidation sites excluding steroid dienone is 2. The van der Waals surface area contributed by atoms with Crippen LogP contribution in [0.4, 0.5) is 5.69 Å². The van der Waals surface area contributed by atoms with E-state index in [1.807, 2.05) is 6.21 Å². The molecular formula is C19H18N2. The second-order valence-corrected chi connectivity index (χ2v) is 5.65. The summed E-state index contributed by atoms with van der Waals surface area (Å²) in [4.78, 5) is 7.07. The summed E-state index contributed by atoms with van der Waals surface area (Å²) in [5.74, 6) is 0. The van der Waals surface area contributed by atoms with Crippen LogP contribution in [0.25, 0.3) is 5.57 Å². The number of benzene rings is 2. The molecule has 21 heavy (non-hydrogen) atoms. The van der Waals surface area contributed by atoms with Crippen LogP contribution >= 0.6 is 0 Å². The maximum absolute atomic E-state index is 4.56. The van der Waals surface area contributed by atoms with Crippen LogP contribution in [0.5, 0.6) is 0 Å². The van der Waals surface area contributed by atoms with E-state index < -0.39 is 0 Å². The number of para-hydroxylation sites is 1. The lowest BCUT2D eigenvalue weighted by Gasteiger charge is -2.22. The van der Waals surface area contributed by atoms with Gasteiger partial charge in [-0.3, -0.25) is 4.99 Å². The Morgan fingerprint density at radius 2 is 1.76 bits per heavy atom. The molecule has 4 rings (SSSR count). The highest BCUT2D eigenvalue weighted by Crippen LogP contribution is 2.37. The van der Waals surface area contributed by atoms with E-state index >= 15 is 0 Å². The van der Waals surface area contributed by atoms with E-state index in [0.29, 0.717) is 0 Å². The van der Waals surface area contributed by atoms with Gasteiger partial charge in [0, 0.05) is 36.1 Å². The summed E-state index contributed by atoms with van der Waals surface area (Å²) in [5.41, 5.74) is 6.53. The predicted octanol–water partition coefficient (Wildman–Crippen LogP) is 4.41. The van der Waals surface area contributed by atoms with Gasteiger partial charge in [-0.05, 0) is 24.5 Å². The summed E-state index contributed by atoms with van der Waals surface area (Å²) < 4.78 is 0. The first-order valence-electron chi connectivity index (χ1n) is 7.57. The summed E-state index contributed by atoms with van der Waals surface area (Å²) in [5, 5.41) is 0. The van der Waals surface area contributed by atoms with Gasteiger partial charge >= 0.3 is 0 Å². The number of nitrogens with zero attached hydrogens (tertiary/aromatic N) is 2. The normalized spacial score (nSPS) is 20.1. The van der Waals surface area contributed by atoms with Gasteiger partial charge < -0.3 is 4.90 Å². The van der Waals surface area contributed by atoms with Gasteiger partial charge in [0.1, 0.15) is 0 Å². The predicted molar refractivity (Wildman–Crippen MR) is 87.6 cm³/mol. The van der Waals surface area contributed by atoms with E-state index in [0.717, 1.165) is 25.2 Å². The van der Waals surface area contributed by atoms with Gasteiger partial charge in [0.2, 0.25) is 0 Å². The molecule has 2 nitrogen and oxygen atoms in total. The van der Waals surface area contributed by atoms with Crippen molar-refractivity contribution in [2.24, 2.45) is 4.99 Å². The van der Waals surface area contributed by atoms with Gasteiger partial charge in [-0.15, -0.1) is 0 Å². The summed E-state index contributed by atoms with van der Waals surface area (Å²) in [7, 11) is 0. The first-order chi connectivity index (χ1) is 10.4. The number of rotatable bonds is 2. The number of fused-ring (bicyclic) bond motifs is 1. The van der Waals surface area contributed by atoms with Crippen molar-refractivity contribution >= 4 is 17.5 Å². The molecule has 0 bridgehead atoms. The van der Waals surface area contributed by atoms with E-state index in [-0.39, 0.29) is 0 Å². The molecule has 0 aromatic heterocycles. The van der Waals surface area contributed by atoms with E-state index in [1.165, 1.54) is 28.8 Å². The standard InChI is InChI=1S/C19H18N2/c1-2-7-15(8-3-1)14-21-12-6-11-19(21)17-13-20-18-10-5-4-9-16(17)18/h1-5,7-10,13H,6,11-12,14H2/b19-17+. The molecule has 0 saturated carbocycles. The van der Waals surface area contributed by atoms with Crippen molar-refractivity contribution in [1.29, 1.82) is 0 Å². The van der Waals surface area contributed by atoms with Crippen molar-refractivity contribution < 1.29 is 0 Å². The molecule has 1 saturated heterocycles. The van der Waals surface area contributed by atoms with E-state index in [1.54, 1.807) is 0 Å². The largest absolute Gasteiger partial charge is 0.370 e. The highest BCUT2D eigenvalue weighted by molar-refractivity contribution is 6.17. The summed E-state index contributed by atoms with van der Waals surface area (Å²) in [6.45, 7) is 2.14. The highest BCUT2D eigenvalue weighted by Gasteiger charge is 2.24. The van der Waals surface area contributed by atoms with E-state index in [4.69, 9.17) is 0 Å². The van der Waals surface area contributed by atoms with Gasteiger partial charge in [-0.2, -0.15) is 0 Å². The molecular weight excluding hydrogens is 256 g/mol. The fraction of sp³-hybridized carbons (Fsp3) is 0.211. The molecule has 104 valence electrons. The first-order valence-corrected chi connectivity index (χ1v) is 7.57. The van der Waals surface area contributed by atoms with Crippen LogP contribution in [0, 0.1) is 0 Å². The van der Waals surface area contributed by atoms with Crippen LogP contribution in [0.2, 0.25) is 0 Å². The molecule has 0 aliphatic carbocycles. The minimum atomic E-state index is 0.996. The zero-order valence-electron chi connectivity index (χ0n) is 12.0. The van der Waals surface area contributed by atoms with Crippen LogP contribution in [0.1, 0.15) is 24.0 Å². The van der Waals surface area contributed by atoms with Crippen molar-refractivity contribution in [2.75, 3.05) is 6.54 Å². The molecule has 0 spiro atoms. The fourth-order valence-electron chi connectivity index (χ4n) is 3.26.